The number of aliphatic hydroxyl groups excluding tert-OH is 1. The van der Waals surface area contributed by atoms with Gasteiger partial charge in [0, 0.05) is 6.04 Å². The molecule has 2 rings (SSSR count). The van der Waals surface area contributed by atoms with Crippen molar-refractivity contribution in [2.45, 2.75) is 44.2 Å². The van der Waals surface area contributed by atoms with Crippen molar-refractivity contribution in [2.75, 3.05) is 13.1 Å². The molecule has 2 unspecified atom stereocenters. The minimum Gasteiger partial charge on any atom is -0.393 e. The molecular formula is C9H17NO. The zero-order valence-electron chi connectivity index (χ0n) is 7.00. The van der Waals surface area contributed by atoms with Crippen LogP contribution < -0.4 is 0 Å². The quantitative estimate of drug-likeness (QED) is 0.564. The van der Waals surface area contributed by atoms with Gasteiger partial charge in [-0.25, -0.2) is 0 Å². The number of hydrogen-bond donors (Lipinski definition) is 1. The van der Waals surface area contributed by atoms with E-state index in [1.54, 1.807) is 0 Å². The second-order valence-electron chi connectivity index (χ2n) is 3.86. The number of rotatable bonds is 0. The van der Waals surface area contributed by atoms with Crippen LogP contribution >= 0.6 is 0 Å². The summed E-state index contributed by atoms with van der Waals surface area (Å²) < 4.78 is 0. The van der Waals surface area contributed by atoms with E-state index in [4.69, 9.17) is 0 Å². The Labute approximate surface area is 68.2 Å². The lowest BCUT2D eigenvalue weighted by molar-refractivity contribution is 0.139. The molecule has 2 heteroatoms. The molecule has 0 aromatic rings. The zero-order chi connectivity index (χ0) is 7.68. The highest BCUT2D eigenvalue weighted by molar-refractivity contribution is 4.83. The van der Waals surface area contributed by atoms with Crippen LogP contribution in [0.25, 0.3) is 0 Å². The average Bonchev–Trinajstić information content (AvgIpc) is 2.31. The van der Waals surface area contributed by atoms with E-state index in [1.807, 2.05) is 0 Å². The molecule has 0 radical (unpaired) electrons. The number of fused-ring (bicyclic) bond motifs is 1. The van der Waals surface area contributed by atoms with E-state index in [0.717, 1.165) is 12.8 Å². The molecule has 2 saturated heterocycles. The predicted octanol–water partition coefficient (Wildman–Crippen LogP) is 0.996. The Bertz CT molecular complexity index is 138. The molecule has 0 bridgehead atoms. The topological polar surface area (TPSA) is 23.5 Å². The van der Waals surface area contributed by atoms with Gasteiger partial charge in [-0.05, 0) is 45.2 Å². The largest absolute Gasteiger partial charge is 0.393 e. The fourth-order valence-corrected chi connectivity index (χ4v) is 2.42. The Kier molecular flexibility index (Phi) is 2.14. The van der Waals surface area contributed by atoms with Gasteiger partial charge in [-0.1, -0.05) is 0 Å². The third-order valence-electron chi connectivity index (χ3n) is 3.03. The third-order valence-corrected chi connectivity index (χ3v) is 3.03. The summed E-state index contributed by atoms with van der Waals surface area (Å²) in [6, 6.07) is 0.715. The summed E-state index contributed by atoms with van der Waals surface area (Å²) in [5, 5.41) is 9.51. The Morgan fingerprint density at radius 1 is 1.09 bits per heavy atom. The van der Waals surface area contributed by atoms with E-state index >= 15 is 0 Å². The molecule has 0 aromatic carbocycles. The monoisotopic (exact) mass is 155 g/mol. The standard InChI is InChI=1S/C9H17NO/c11-9-4-2-6-10-5-1-3-8(10)7-9/h8-9,11H,1-7H2. The second-order valence-corrected chi connectivity index (χ2v) is 3.86. The summed E-state index contributed by atoms with van der Waals surface area (Å²) >= 11 is 0. The van der Waals surface area contributed by atoms with Gasteiger partial charge in [-0.2, -0.15) is 0 Å². The summed E-state index contributed by atoms with van der Waals surface area (Å²) in [6.45, 7) is 2.50. The zero-order valence-corrected chi connectivity index (χ0v) is 7.00. The van der Waals surface area contributed by atoms with Crippen LogP contribution in [0.3, 0.4) is 0 Å². The predicted molar refractivity (Wildman–Crippen MR) is 44.5 cm³/mol. The first kappa shape index (κ1) is 7.56. The van der Waals surface area contributed by atoms with Crippen molar-refractivity contribution in [3.05, 3.63) is 0 Å². The van der Waals surface area contributed by atoms with Gasteiger partial charge < -0.3 is 10.0 Å². The van der Waals surface area contributed by atoms with Crippen LogP contribution in [0.15, 0.2) is 0 Å². The summed E-state index contributed by atoms with van der Waals surface area (Å²) in [4.78, 5) is 2.55. The van der Waals surface area contributed by atoms with E-state index in [1.165, 1.54) is 32.4 Å². The van der Waals surface area contributed by atoms with Gasteiger partial charge in [0.15, 0.2) is 0 Å². The fraction of sp³-hybridized carbons (Fsp3) is 1.00. The number of hydrogen-bond acceptors (Lipinski definition) is 2. The van der Waals surface area contributed by atoms with Crippen LogP contribution in [0.1, 0.15) is 32.1 Å². The molecule has 0 spiro atoms. The highest BCUT2D eigenvalue weighted by Gasteiger charge is 2.28. The highest BCUT2D eigenvalue weighted by atomic mass is 16.3. The van der Waals surface area contributed by atoms with Crippen molar-refractivity contribution >= 4 is 0 Å². The summed E-state index contributed by atoms with van der Waals surface area (Å²) in [6.07, 6.45) is 5.89. The third kappa shape index (κ3) is 1.57. The number of nitrogens with zero attached hydrogens (tertiary/aromatic N) is 1. The van der Waals surface area contributed by atoms with Crippen LogP contribution in [0.5, 0.6) is 0 Å². The lowest BCUT2D eigenvalue weighted by atomic mass is 10.1. The van der Waals surface area contributed by atoms with Crippen molar-refractivity contribution in [1.82, 2.24) is 4.90 Å². The Morgan fingerprint density at radius 2 is 1.82 bits per heavy atom. The maximum absolute atomic E-state index is 9.51. The molecule has 2 heterocycles. The highest BCUT2D eigenvalue weighted by Crippen LogP contribution is 2.25. The molecule has 11 heavy (non-hydrogen) atoms. The van der Waals surface area contributed by atoms with Gasteiger partial charge >= 0.3 is 0 Å². The molecular weight excluding hydrogens is 138 g/mol. The average molecular weight is 155 g/mol. The molecule has 0 saturated carbocycles. The molecule has 2 nitrogen and oxygen atoms in total. The van der Waals surface area contributed by atoms with Crippen LogP contribution in [0, 0.1) is 0 Å². The second kappa shape index (κ2) is 3.11. The van der Waals surface area contributed by atoms with Gasteiger partial charge in [0.25, 0.3) is 0 Å². The van der Waals surface area contributed by atoms with Crippen LogP contribution in [-0.2, 0) is 0 Å². The van der Waals surface area contributed by atoms with Crippen LogP contribution in [0.2, 0.25) is 0 Å². The van der Waals surface area contributed by atoms with E-state index < -0.39 is 0 Å². The molecule has 1 N–H and O–H groups in total. The van der Waals surface area contributed by atoms with Gasteiger partial charge in [-0.3, -0.25) is 0 Å². The molecule has 0 aliphatic carbocycles. The maximum Gasteiger partial charge on any atom is 0.0555 e. The van der Waals surface area contributed by atoms with Crippen molar-refractivity contribution < 1.29 is 5.11 Å². The molecule has 2 aliphatic rings. The van der Waals surface area contributed by atoms with Gasteiger partial charge in [0.2, 0.25) is 0 Å². The first-order chi connectivity index (χ1) is 5.36. The van der Waals surface area contributed by atoms with Crippen molar-refractivity contribution in [2.24, 2.45) is 0 Å². The summed E-state index contributed by atoms with van der Waals surface area (Å²) in [7, 11) is 0. The fourth-order valence-electron chi connectivity index (χ4n) is 2.42. The van der Waals surface area contributed by atoms with E-state index in [-0.39, 0.29) is 6.10 Å². The van der Waals surface area contributed by atoms with E-state index in [0.29, 0.717) is 6.04 Å². The molecule has 0 amide bonds. The Morgan fingerprint density at radius 3 is 2.64 bits per heavy atom. The first-order valence-electron chi connectivity index (χ1n) is 4.78. The summed E-state index contributed by atoms with van der Waals surface area (Å²) in [5.41, 5.74) is 0. The van der Waals surface area contributed by atoms with E-state index in [2.05, 4.69) is 4.90 Å². The molecule has 2 fully saturated rings. The maximum atomic E-state index is 9.51. The van der Waals surface area contributed by atoms with Gasteiger partial charge in [0.1, 0.15) is 0 Å². The molecule has 0 aromatic heterocycles. The number of aliphatic hydroxyl groups is 1. The molecule has 2 atom stereocenters. The first-order valence-corrected chi connectivity index (χ1v) is 4.78. The van der Waals surface area contributed by atoms with E-state index in [9.17, 15) is 5.11 Å². The minimum atomic E-state index is -0.0110. The molecule has 2 aliphatic heterocycles. The smallest absolute Gasteiger partial charge is 0.0555 e. The van der Waals surface area contributed by atoms with Crippen molar-refractivity contribution in [3.8, 4) is 0 Å². The van der Waals surface area contributed by atoms with Crippen LogP contribution in [-0.4, -0.2) is 35.2 Å². The lowest BCUT2D eigenvalue weighted by Crippen LogP contribution is -2.29. The van der Waals surface area contributed by atoms with Crippen LogP contribution in [0.4, 0.5) is 0 Å². The van der Waals surface area contributed by atoms with Crippen molar-refractivity contribution in [3.63, 3.8) is 0 Å². The molecule has 64 valence electrons. The van der Waals surface area contributed by atoms with Crippen molar-refractivity contribution in [1.29, 1.82) is 0 Å². The Balaban J connectivity index is 1.98. The Hall–Kier alpha value is -0.0800. The SMILES string of the molecule is OC1CCCN2CCCC2C1. The lowest BCUT2D eigenvalue weighted by Gasteiger charge is -2.21. The summed E-state index contributed by atoms with van der Waals surface area (Å²) in [5.74, 6) is 0. The minimum absolute atomic E-state index is 0.0110. The normalized spacial score (nSPS) is 40.1. The van der Waals surface area contributed by atoms with Gasteiger partial charge in [-0.15, -0.1) is 0 Å². The van der Waals surface area contributed by atoms with Gasteiger partial charge in [0.05, 0.1) is 6.10 Å².